The topological polar surface area (TPSA) is 46.6 Å². The van der Waals surface area contributed by atoms with Crippen molar-refractivity contribution in [1.82, 2.24) is 0 Å². The van der Waals surface area contributed by atoms with E-state index in [4.69, 9.17) is 4.74 Å². The van der Waals surface area contributed by atoms with Crippen molar-refractivity contribution in [3.63, 3.8) is 0 Å². The zero-order valence-electron chi connectivity index (χ0n) is 11.1. The van der Waals surface area contributed by atoms with Gasteiger partial charge in [0.15, 0.2) is 5.78 Å². The highest BCUT2D eigenvalue weighted by Gasteiger charge is 2.32. The largest absolute Gasteiger partial charge is 0.485 e. The smallest absolute Gasteiger partial charge is 0.230 e. The molecule has 0 saturated heterocycles. The summed E-state index contributed by atoms with van der Waals surface area (Å²) in [6.07, 6.45) is 0.313. The van der Waals surface area contributed by atoms with Crippen molar-refractivity contribution in [3.05, 3.63) is 23.8 Å². The van der Waals surface area contributed by atoms with Gasteiger partial charge in [-0.2, -0.15) is 0 Å². The summed E-state index contributed by atoms with van der Waals surface area (Å²) in [6, 6.07) is 5.18. The van der Waals surface area contributed by atoms with Crippen molar-refractivity contribution in [3.8, 4) is 5.75 Å². The second kappa shape index (κ2) is 4.12. The molecule has 0 N–H and O–H groups in total. The lowest BCUT2D eigenvalue weighted by atomic mass is 10.1. The van der Waals surface area contributed by atoms with E-state index in [9.17, 15) is 9.59 Å². The van der Waals surface area contributed by atoms with Gasteiger partial charge in [0, 0.05) is 12.6 Å². The molecule has 0 aromatic heterocycles. The van der Waals surface area contributed by atoms with Crippen LogP contribution in [-0.4, -0.2) is 24.3 Å². The summed E-state index contributed by atoms with van der Waals surface area (Å²) in [7, 11) is 1.70. The van der Waals surface area contributed by atoms with Crippen LogP contribution < -0.4 is 9.64 Å². The van der Waals surface area contributed by atoms with Gasteiger partial charge in [-0.3, -0.25) is 9.59 Å². The van der Waals surface area contributed by atoms with Crippen molar-refractivity contribution < 1.29 is 14.3 Å². The Hall–Kier alpha value is -1.84. The fourth-order valence-electron chi connectivity index (χ4n) is 2.04. The number of ether oxygens (including phenoxy) is 1. The molecule has 0 atom stereocenters. The predicted octanol–water partition coefficient (Wildman–Crippen LogP) is 2.41. The number of benzene rings is 1. The van der Waals surface area contributed by atoms with E-state index in [1.165, 1.54) is 6.92 Å². The number of ketones is 1. The van der Waals surface area contributed by atoms with Gasteiger partial charge in [0.05, 0.1) is 12.1 Å². The highest BCUT2D eigenvalue weighted by Crippen LogP contribution is 2.36. The van der Waals surface area contributed by atoms with Crippen molar-refractivity contribution in [2.24, 2.45) is 0 Å². The van der Waals surface area contributed by atoms with E-state index < -0.39 is 5.60 Å². The molecule has 2 rings (SSSR count). The van der Waals surface area contributed by atoms with Gasteiger partial charge < -0.3 is 9.64 Å². The molecular weight excluding hydrogens is 230 g/mol. The van der Waals surface area contributed by atoms with Crippen LogP contribution in [0.5, 0.6) is 5.75 Å². The van der Waals surface area contributed by atoms with Crippen LogP contribution in [0.4, 0.5) is 5.69 Å². The molecule has 1 heterocycles. The molecule has 0 aliphatic carbocycles. The molecule has 0 fully saturated rings. The quantitative estimate of drug-likeness (QED) is 0.716. The summed E-state index contributed by atoms with van der Waals surface area (Å²) >= 11 is 0. The summed E-state index contributed by atoms with van der Waals surface area (Å²) < 4.78 is 5.85. The van der Waals surface area contributed by atoms with Crippen LogP contribution in [0.2, 0.25) is 0 Å². The third-order valence-corrected chi connectivity index (χ3v) is 3.06. The first-order valence-corrected chi connectivity index (χ1v) is 5.91. The maximum absolute atomic E-state index is 12.0. The highest BCUT2D eigenvalue weighted by atomic mass is 16.5. The monoisotopic (exact) mass is 247 g/mol. The van der Waals surface area contributed by atoms with Crippen molar-refractivity contribution in [1.29, 1.82) is 0 Å². The highest BCUT2D eigenvalue weighted by molar-refractivity contribution is 5.99. The summed E-state index contributed by atoms with van der Waals surface area (Å²) in [5, 5.41) is 0. The molecule has 0 bridgehead atoms. The van der Waals surface area contributed by atoms with E-state index in [-0.39, 0.29) is 11.7 Å². The van der Waals surface area contributed by atoms with Crippen LogP contribution in [0.1, 0.15) is 37.6 Å². The minimum atomic E-state index is -0.533. The minimum absolute atomic E-state index is 0.0144. The fraction of sp³-hybridized carbons (Fsp3) is 0.429. The molecule has 4 nitrogen and oxygen atoms in total. The van der Waals surface area contributed by atoms with Crippen LogP contribution in [0.15, 0.2) is 18.2 Å². The SMILES string of the molecule is CC(=O)c1ccc2c(c1)N(C)C(=O)CC(C)(C)O2. The Morgan fingerprint density at radius 1 is 1.39 bits per heavy atom. The van der Waals surface area contributed by atoms with E-state index in [1.54, 1.807) is 30.1 Å². The van der Waals surface area contributed by atoms with Gasteiger partial charge in [-0.25, -0.2) is 0 Å². The molecule has 1 aromatic carbocycles. The number of rotatable bonds is 1. The molecular formula is C14H17NO3. The Morgan fingerprint density at radius 2 is 2.06 bits per heavy atom. The molecule has 0 saturated carbocycles. The third-order valence-electron chi connectivity index (χ3n) is 3.06. The van der Waals surface area contributed by atoms with E-state index in [1.807, 2.05) is 13.8 Å². The Bertz CT molecular complexity index is 520. The fourth-order valence-corrected chi connectivity index (χ4v) is 2.04. The summed E-state index contributed by atoms with van der Waals surface area (Å²) in [5.41, 5.74) is 0.698. The number of carbonyl (C=O) groups is 2. The molecule has 0 spiro atoms. The van der Waals surface area contributed by atoms with E-state index in [2.05, 4.69) is 0 Å². The Balaban J connectivity index is 2.55. The van der Waals surface area contributed by atoms with Crippen LogP contribution >= 0.6 is 0 Å². The van der Waals surface area contributed by atoms with Crippen LogP contribution in [0.3, 0.4) is 0 Å². The van der Waals surface area contributed by atoms with Crippen LogP contribution in [0.25, 0.3) is 0 Å². The third kappa shape index (κ3) is 2.23. The number of hydrogen-bond acceptors (Lipinski definition) is 3. The number of hydrogen-bond donors (Lipinski definition) is 0. The van der Waals surface area contributed by atoms with Gasteiger partial charge >= 0.3 is 0 Å². The first-order chi connectivity index (χ1) is 8.30. The summed E-state index contributed by atoms with van der Waals surface area (Å²) in [6.45, 7) is 5.27. The molecule has 0 radical (unpaired) electrons. The standard InChI is InChI=1S/C14H17NO3/c1-9(16)10-5-6-12-11(7-10)15(4)13(17)8-14(2,3)18-12/h5-7H,8H2,1-4H3. The summed E-state index contributed by atoms with van der Waals surface area (Å²) in [4.78, 5) is 25.0. The molecule has 1 aliphatic heterocycles. The lowest BCUT2D eigenvalue weighted by Crippen LogP contribution is -2.34. The van der Waals surface area contributed by atoms with Gasteiger partial charge in [0.2, 0.25) is 5.91 Å². The Labute approximate surface area is 107 Å². The average Bonchev–Trinajstić information content (AvgIpc) is 2.34. The van der Waals surface area contributed by atoms with Crippen LogP contribution in [0, 0.1) is 0 Å². The summed E-state index contributed by atoms with van der Waals surface area (Å²) in [5.74, 6) is 0.597. The van der Waals surface area contributed by atoms with E-state index in [0.29, 0.717) is 23.4 Å². The van der Waals surface area contributed by atoms with Crippen molar-refractivity contribution >= 4 is 17.4 Å². The lowest BCUT2D eigenvalue weighted by molar-refractivity contribution is -0.120. The molecule has 4 heteroatoms. The average molecular weight is 247 g/mol. The van der Waals surface area contributed by atoms with E-state index >= 15 is 0 Å². The Morgan fingerprint density at radius 3 is 2.67 bits per heavy atom. The predicted molar refractivity (Wildman–Crippen MR) is 69.2 cm³/mol. The van der Waals surface area contributed by atoms with Crippen molar-refractivity contribution in [2.45, 2.75) is 32.8 Å². The van der Waals surface area contributed by atoms with Gasteiger partial charge in [-0.15, -0.1) is 0 Å². The number of nitrogens with zero attached hydrogens (tertiary/aromatic N) is 1. The maximum Gasteiger partial charge on any atom is 0.230 e. The van der Waals surface area contributed by atoms with E-state index in [0.717, 1.165) is 0 Å². The first-order valence-electron chi connectivity index (χ1n) is 5.91. The molecule has 1 amide bonds. The number of Topliss-reactive ketones (excluding diaryl/α,β-unsaturated/α-hetero) is 1. The second-order valence-corrected chi connectivity index (χ2v) is 5.23. The number of amides is 1. The number of fused-ring (bicyclic) bond motifs is 1. The number of carbonyl (C=O) groups excluding carboxylic acids is 2. The second-order valence-electron chi connectivity index (χ2n) is 5.23. The number of anilines is 1. The van der Waals surface area contributed by atoms with Gasteiger partial charge in [-0.1, -0.05) is 0 Å². The molecule has 96 valence electrons. The van der Waals surface area contributed by atoms with Crippen LogP contribution in [-0.2, 0) is 4.79 Å². The van der Waals surface area contributed by atoms with Crippen molar-refractivity contribution in [2.75, 3.05) is 11.9 Å². The van der Waals surface area contributed by atoms with Gasteiger partial charge in [0.1, 0.15) is 11.4 Å². The first kappa shape index (κ1) is 12.6. The van der Waals surface area contributed by atoms with Gasteiger partial charge in [-0.05, 0) is 39.0 Å². The van der Waals surface area contributed by atoms with Gasteiger partial charge in [0.25, 0.3) is 0 Å². The lowest BCUT2D eigenvalue weighted by Gasteiger charge is -2.23. The minimum Gasteiger partial charge on any atom is -0.485 e. The molecule has 0 unspecified atom stereocenters. The maximum atomic E-state index is 12.0. The molecule has 18 heavy (non-hydrogen) atoms. The molecule has 1 aromatic rings. The normalized spacial score (nSPS) is 17.8. The zero-order valence-corrected chi connectivity index (χ0v) is 11.1. The Kier molecular flexibility index (Phi) is 2.89. The zero-order chi connectivity index (χ0) is 13.5. The molecule has 1 aliphatic rings.